The first-order valence-corrected chi connectivity index (χ1v) is 7.57. The number of nitrogens with zero attached hydrogens (tertiary/aromatic N) is 2. The van der Waals surface area contributed by atoms with Crippen LogP contribution in [-0.2, 0) is 4.74 Å². The molecule has 24 heavy (non-hydrogen) atoms. The first-order valence-electron chi connectivity index (χ1n) is 7.57. The van der Waals surface area contributed by atoms with Gasteiger partial charge in [-0.05, 0) is 32.4 Å². The Labute approximate surface area is 139 Å². The van der Waals surface area contributed by atoms with Crippen LogP contribution < -0.4 is 5.32 Å². The summed E-state index contributed by atoms with van der Waals surface area (Å²) < 4.78 is 5.18. The van der Waals surface area contributed by atoms with Crippen molar-refractivity contribution in [2.45, 2.75) is 20.8 Å². The smallest absolute Gasteiger partial charge is 0.415 e. The third-order valence-electron chi connectivity index (χ3n) is 3.58. The molecule has 2 heterocycles. The summed E-state index contributed by atoms with van der Waals surface area (Å²) in [4.78, 5) is 23.8. The van der Waals surface area contributed by atoms with E-state index in [4.69, 9.17) is 4.74 Å². The summed E-state index contributed by atoms with van der Waals surface area (Å²) in [6.45, 7) is 5.51. The zero-order valence-corrected chi connectivity index (χ0v) is 13.8. The Morgan fingerprint density at radius 1 is 1.17 bits per heavy atom. The van der Waals surface area contributed by atoms with Gasteiger partial charge in [0.05, 0.1) is 11.9 Å². The van der Waals surface area contributed by atoms with Crippen molar-refractivity contribution in [2.75, 3.05) is 5.32 Å². The number of fused-ring (bicyclic) bond motifs is 1. The Hall–Kier alpha value is -3.15. The van der Waals surface area contributed by atoms with E-state index in [0.29, 0.717) is 22.6 Å². The van der Waals surface area contributed by atoms with E-state index in [1.165, 1.54) is 0 Å². The number of pyridine rings is 1. The van der Waals surface area contributed by atoms with Crippen molar-refractivity contribution in [1.29, 1.82) is 0 Å². The van der Waals surface area contributed by atoms with Crippen molar-refractivity contribution in [3.63, 3.8) is 0 Å². The molecule has 2 aromatic heterocycles. The van der Waals surface area contributed by atoms with Crippen LogP contribution in [-0.4, -0.2) is 21.0 Å². The Bertz CT molecular complexity index is 909. The monoisotopic (exact) mass is 322 g/mol. The van der Waals surface area contributed by atoms with Gasteiger partial charge in [-0.2, -0.15) is 0 Å². The standard InChI is InChI=1S/C18H18N4O2/c1-11(2)12(3)24-18(23)20-14-9-15-17(19-10-14)22-16(21-15)13-7-5-4-6-8-13/h4-10H,1-3H3,(H,20,23)(H,19,21,22). The van der Waals surface area contributed by atoms with Crippen LogP contribution in [0, 0.1) is 0 Å². The summed E-state index contributed by atoms with van der Waals surface area (Å²) in [5.74, 6) is 1.31. The molecule has 0 spiro atoms. The highest BCUT2D eigenvalue weighted by Crippen LogP contribution is 2.21. The molecule has 0 saturated heterocycles. The SMILES string of the molecule is CC(C)=C(C)OC(=O)Nc1cnc2[nH]c(-c3ccccc3)nc2c1. The second-order valence-electron chi connectivity index (χ2n) is 5.61. The topological polar surface area (TPSA) is 79.9 Å². The molecular weight excluding hydrogens is 304 g/mol. The number of aromatic nitrogens is 3. The minimum atomic E-state index is -0.548. The quantitative estimate of drug-likeness (QED) is 0.696. The number of nitrogens with one attached hydrogen (secondary N) is 2. The second-order valence-corrected chi connectivity index (χ2v) is 5.61. The van der Waals surface area contributed by atoms with Crippen LogP contribution >= 0.6 is 0 Å². The molecule has 0 aliphatic rings. The van der Waals surface area contributed by atoms with Gasteiger partial charge in [-0.25, -0.2) is 14.8 Å². The molecule has 6 nitrogen and oxygen atoms in total. The van der Waals surface area contributed by atoms with E-state index in [1.54, 1.807) is 19.2 Å². The van der Waals surface area contributed by atoms with E-state index in [1.807, 2.05) is 44.2 Å². The Morgan fingerprint density at radius 2 is 1.92 bits per heavy atom. The Kier molecular flexibility index (Phi) is 4.29. The third-order valence-corrected chi connectivity index (χ3v) is 3.58. The average molecular weight is 322 g/mol. The molecule has 3 rings (SSSR count). The number of benzene rings is 1. The number of anilines is 1. The Morgan fingerprint density at radius 3 is 2.62 bits per heavy atom. The van der Waals surface area contributed by atoms with Gasteiger partial charge >= 0.3 is 6.09 Å². The van der Waals surface area contributed by atoms with Gasteiger partial charge in [-0.15, -0.1) is 0 Å². The number of carbonyl (C=O) groups excluding carboxylic acids is 1. The lowest BCUT2D eigenvalue weighted by molar-refractivity contribution is 0.191. The first-order chi connectivity index (χ1) is 11.5. The van der Waals surface area contributed by atoms with Crippen molar-refractivity contribution < 1.29 is 9.53 Å². The number of H-pyrrole nitrogens is 1. The van der Waals surface area contributed by atoms with Crippen molar-refractivity contribution in [3.8, 4) is 11.4 Å². The highest BCUT2D eigenvalue weighted by molar-refractivity contribution is 5.88. The van der Waals surface area contributed by atoms with Gasteiger partial charge in [0.1, 0.15) is 17.1 Å². The summed E-state index contributed by atoms with van der Waals surface area (Å²) in [5, 5.41) is 2.66. The fourth-order valence-corrected chi connectivity index (χ4v) is 2.08. The largest absolute Gasteiger partial charge is 0.416 e. The van der Waals surface area contributed by atoms with Crippen LogP contribution in [0.1, 0.15) is 20.8 Å². The van der Waals surface area contributed by atoms with E-state index < -0.39 is 6.09 Å². The summed E-state index contributed by atoms with van der Waals surface area (Å²) in [6, 6.07) is 11.5. The van der Waals surface area contributed by atoms with Crippen molar-refractivity contribution in [3.05, 3.63) is 53.9 Å². The van der Waals surface area contributed by atoms with Gasteiger partial charge < -0.3 is 9.72 Å². The maximum absolute atomic E-state index is 11.9. The molecule has 0 atom stereocenters. The highest BCUT2D eigenvalue weighted by Gasteiger charge is 2.10. The van der Waals surface area contributed by atoms with Crippen molar-refractivity contribution >= 4 is 22.9 Å². The van der Waals surface area contributed by atoms with E-state index in [-0.39, 0.29) is 0 Å². The van der Waals surface area contributed by atoms with Gasteiger partial charge in [0.25, 0.3) is 0 Å². The first kappa shape index (κ1) is 15.7. The normalized spacial score (nSPS) is 10.5. The summed E-state index contributed by atoms with van der Waals surface area (Å²) in [5.41, 5.74) is 3.78. The molecule has 3 aromatic rings. The van der Waals surface area contributed by atoms with E-state index in [0.717, 1.165) is 17.0 Å². The lowest BCUT2D eigenvalue weighted by Crippen LogP contribution is -2.13. The number of rotatable bonds is 3. The number of ether oxygens (including phenoxy) is 1. The van der Waals surface area contributed by atoms with E-state index >= 15 is 0 Å². The predicted octanol–water partition coefficient (Wildman–Crippen LogP) is 4.49. The van der Waals surface area contributed by atoms with Gasteiger partial charge in [0.15, 0.2) is 5.65 Å². The number of aromatic amines is 1. The predicted molar refractivity (Wildman–Crippen MR) is 93.5 cm³/mol. The second kappa shape index (κ2) is 6.54. The fraction of sp³-hybridized carbons (Fsp3) is 0.167. The van der Waals surface area contributed by atoms with Crippen LogP contribution in [0.15, 0.2) is 53.9 Å². The van der Waals surface area contributed by atoms with Gasteiger partial charge in [-0.1, -0.05) is 30.3 Å². The zero-order valence-electron chi connectivity index (χ0n) is 13.8. The van der Waals surface area contributed by atoms with Gasteiger partial charge in [0, 0.05) is 5.56 Å². The third kappa shape index (κ3) is 3.43. The average Bonchev–Trinajstić information content (AvgIpc) is 2.98. The number of carbonyl (C=O) groups is 1. The molecule has 0 bridgehead atoms. The fourth-order valence-electron chi connectivity index (χ4n) is 2.08. The Balaban J connectivity index is 1.82. The molecule has 0 aliphatic heterocycles. The van der Waals surface area contributed by atoms with Crippen LogP contribution in [0.3, 0.4) is 0 Å². The number of hydrogen-bond acceptors (Lipinski definition) is 4. The van der Waals surface area contributed by atoms with E-state index in [9.17, 15) is 4.79 Å². The molecule has 0 unspecified atom stereocenters. The van der Waals surface area contributed by atoms with Crippen LogP contribution in [0.2, 0.25) is 0 Å². The molecule has 0 saturated carbocycles. The van der Waals surface area contributed by atoms with Crippen LogP contribution in [0.25, 0.3) is 22.6 Å². The van der Waals surface area contributed by atoms with Crippen molar-refractivity contribution in [1.82, 2.24) is 15.0 Å². The summed E-state index contributed by atoms with van der Waals surface area (Å²) in [7, 11) is 0. The van der Waals surface area contributed by atoms with Gasteiger partial charge in [-0.3, -0.25) is 5.32 Å². The zero-order chi connectivity index (χ0) is 17.1. The molecule has 0 radical (unpaired) electrons. The number of imidazole rings is 1. The summed E-state index contributed by atoms with van der Waals surface area (Å²) >= 11 is 0. The minimum Gasteiger partial charge on any atom is -0.415 e. The highest BCUT2D eigenvalue weighted by atomic mass is 16.6. The molecule has 0 aliphatic carbocycles. The lowest BCUT2D eigenvalue weighted by Gasteiger charge is -2.07. The molecule has 1 amide bonds. The lowest BCUT2D eigenvalue weighted by atomic mass is 10.2. The summed E-state index contributed by atoms with van der Waals surface area (Å²) in [6.07, 6.45) is 1.02. The minimum absolute atomic E-state index is 0.528. The van der Waals surface area contributed by atoms with Crippen LogP contribution in [0.4, 0.5) is 10.5 Å². The van der Waals surface area contributed by atoms with Gasteiger partial charge in [0.2, 0.25) is 0 Å². The van der Waals surface area contributed by atoms with Crippen molar-refractivity contribution in [2.24, 2.45) is 0 Å². The molecular formula is C18H18N4O2. The van der Waals surface area contributed by atoms with E-state index in [2.05, 4.69) is 20.3 Å². The molecule has 1 aromatic carbocycles. The molecule has 6 heteroatoms. The number of hydrogen-bond donors (Lipinski definition) is 2. The molecule has 122 valence electrons. The van der Waals surface area contributed by atoms with Crippen LogP contribution in [0.5, 0.6) is 0 Å². The molecule has 2 N–H and O–H groups in total. The maximum atomic E-state index is 11.9. The maximum Gasteiger partial charge on any atom is 0.416 e. The number of amides is 1. The molecule has 0 fully saturated rings. The number of allylic oxidation sites excluding steroid dienone is 2.